The molecule has 0 spiro atoms. The highest BCUT2D eigenvalue weighted by Gasteiger charge is 2.30. The molecule has 0 aliphatic carbocycles. The molecule has 1 aromatic carbocycles. The van der Waals surface area contributed by atoms with Crippen molar-refractivity contribution >= 4 is 38.0 Å². The van der Waals surface area contributed by atoms with E-state index in [1.165, 1.54) is 26.3 Å². The SMILES string of the molecule is CCC(=O)[NH+]([O-])S(=O)(=O)c1cc(F)c(Cn2c(=O)[nH]c3cnc4nc(OC)ccc4c32)c(F)c1. The number of hydrogen-bond donors (Lipinski definition) is 2. The monoisotopic (exact) mass is 493 g/mol. The Morgan fingerprint density at radius 3 is 2.56 bits per heavy atom. The zero-order valence-corrected chi connectivity index (χ0v) is 18.6. The van der Waals surface area contributed by atoms with Crippen LogP contribution in [0.2, 0.25) is 0 Å². The molecule has 0 radical (unpaired) electrons. The number of H-pyrrole nitrogens is 1. The van der Waals surface area contributed by atoms with Crippen LogP contribution in [-0.4, -0.2) is 41.0 Å². The third kappa shape index (κ3) is 3.81. The molecule has 0 aliphatic heterocycles. The highest BCUT2D eigenvalue weighted by Crippen LogP contribution is 2.25. The molecule has 0 fully saturated rings. The Hall–Kier alpha value is -3.75. The highest BCUT2D eigenvalue weighted by molar-refractivity contribution is 7.85. The quantitative estimate of drug-likeness (QED) is 0.371. The van der Waals surface area contributed by atoms with Crippen LogP contribution in [-0.2, 0) is 21.4 Å². The molecule has 34 heavy (non-hydrogen) atoms. The third-order valence-electron chi connectivity index (χ3n) is 5.18. The molecule has 3 aromatic heterocycles. The predicted molar refractivity (Wildman–Crippen MR) is 114 cm³/mol. The summed E-state index contributed by atoms with van der Waals surface area (Å²) < 4.78 is 58.7. The van der Waals surface area contributed by atoms with E-state index in [1.807, 2.05) is 0 Å². The molecule has 4 aromatic rings. The van der Waals surface area contributed by atoms with Crippen LogP contribution >= 0.6 is 0 Å². The summed E-state index contributed by atoms with van der Waals surface area (Å²) in [6.07, 6.45) is 0.953. The van der Waals surface area contributed by atoms with Crippen molar-refractivity contribution in [2.45, 2.75) is 24.8 Å². The topological polar surface area (TPSA) is 152 Å². The van der Waals surface area contributed by atoms with Crippen molar-refractivity contribution < 1.29 is 31.2 Å². The number of halogens is 2. The third-order valence-corrected chi connectivity index (χ3v) is 6.75. The second-order valence-electron chi connectivity index (χ2n) is 7.19. The minimum Gasteiger partial charge on any atom is -0.610 e. The molecule has 1 amide bonds. The summed E-state index contributed by atoms with van der Waals surface area (Å²) in [7, 11) is -3.51. The molecule has 11 nitrogen and oxygen atoms in total. The van der Waals surface area contributed by atoms with Gasteiger partial charge in [0.2, 0.25) is 5.88 Å². The van der Waals surface area contributed by atoms with Crippen LogP contribution in [0, 0.1) is 16.8 Å². The van der Waals surface area contributed by atoms with Crippen LogP contribution in [0.1, 0.15) is 18.9 Å². The Balaban J connectivity index is 1.83. The number of amides is 1. The smallest absolute Gasteiger partial charge is 0.332 e. The second kappa shape index (κ2) is 8.55. The van der Waals surface area contributed by atoms with Gasteiger partial charge in [-0.15, -0.1) is 0 Å². The number of fused-ring (bicyclic) bond motifs is 3. The van der Waals surface area contributed by atoms with E-state index >= 15 is 0 Å². The van der Waals surface area contributed by atoms with Gasteiger partial charge in [-0.2, -0.15) is 17.9 Å². The van der Waals surface area contributed by atoms with E-state index < -0.39 is 54.7 Å². The van der Waals surface area contributed by atoms with Crippen molar-refractivity contribution in [3.8, 4) is 5.88 Å². The van der Waals surface area contributed by atoms with Gasteiger partial charge in [0.05, 0.1) is 37.3 Å². The van der Waals surface area contributed by atoms with Crippen LogP contribution in [0.3, 0.4) is 0 Å². The minimum atomic E-state index is -4.92. The number of aromatic amines is 1. The fraction of sp³-hybridized carbons (Fsp3) is 0.200. The van der Waals surface area contributed by atoms with Gasteiger partial charge < -0.3 is 14.9 Å². The number of carbonyl (C=O) groups is 1. The number of benzene rings is 1. The van der Waals surface area contributed by atoms with Gasteiger partial charge in [0.25, 0.3) is 0 Å². The summed E-state index contributed by atoms with van der Waals surface area (Å²) in [6, 6.07) is 4.00. The van der Waals surface area contributed by atoms with Crippen LogP contribution < -0.4 is 14.9 Å². The lowest BCUT2D eigenvalue weighted by molar-refractivity contribution is -0.619. The Bertz CT molecular complexity index is 1590. The van der Waals surface area contributed by atoms with Gasteiger partial charge in [-0.25, -0.2) is 23.4 Å². The van der Waals surface area contributed by atoms with Crippen LogP contribution in [0.25, 0.3) is 22.1 Å². The van der Waals surface area contributed by atoms with Gasteiger partial charge in [-0.1, -0.05) is 6.92 Å². The average molecular weight is 493 g/mol. The van der Waals surface area contributed by atoms with Crippen molar-refractivity contribution in [1.29, 1.82) is 0 Å². The lowest BCUT2D eigenvalue weighted by Gasteiger charge is -2.19. The number of carbonyl (C=O) groups excluding carboxylic acids is 1. The van der Waals surface area contributed by atoms with Crippen molar-refractivity contribution in [2.24, 2.45) is 0 Å². The molecule has 4 rings (SSSR count). The molecular formula is C20H17F2N5O6S. The largest absolute Gasteiger partial charge is 0.610 e. The van der Waals surface area contributed by atoms with Gasteiger partial charge in [0, 0.05) is 17.0 Å². The van der Waals surface area contributed by atoms with Crippen molar-refractivity contribution in [3.05, 3.63) is 63.4 Å². The first-order valence-corrected chi connectivity index (χ1v) is 11.3. The zero-order valence-electron chi connectivity index (χ0n) is 17.8. The normalized spacial score (nSPS) is 12.9. The number of sulfonamides is 1. The molecular weight excluding hydrogens is 476 g/mol. The average Bonchev–Trinajstić information content (AvgIpc) is 3.14. The van der Waals surface area contributed by atoms with E-state index in [2.05, 4.69) is 15.0 Å². The van der Waals surface area contributed by atoms with E-state index in [-0.39, 0.29) is 29.0 Å². The lowest BCUT2D eigenvalue weighted by Crippen LogP contribution is -3.11. The van der Waals surface area contributed by atoms with Crippen LogP contribution in [0.15, 0.2) is 40.2 Å². The maximum Gasteiger partial charge on any atom is 0.332 e. The fourth-order valence-corrected chi connectivity index (χ4v) is 4.60. The number of nitrogens with one attached hydrogen (secondary N) is 2. The molecule has 0 saturated heterocycles. The number of imidazole rings is 1. The van der Waals surface area contributed by atoms with Crippen LogP contribution in [0.4, 0.5) is 8.78 Å². The van der Waals surface area contributed by atoms with Crippen molar-refractivity contribution in [3.63, 3.8) is 0 Å². The second-order valence-corrected chi connectivity index (χ2v) is 9.04. The van der Waals surface area contributed by atoms with Crippen molar-refractivity contribution in [1.82, 2.24) is 19.5 Å². The Kier molecular flexibility index (Phi) is 5.89. The predicted octanol–water partition coefficient (Wildman–Crippen LogP) is 0.616. The van der Waals surface area contributed by atoms with Crippen molar-refractivity contribution in [2.75, 3.05) is 7.11 Å². The molecule has 0 aliphatic rings. The van der Waals surface area contributed by atoms with Gasteiger partial charge >= 0.3 is 21.6 Å². The number of methoxy groups -OCH3 is 1. The molecule has 14 heteroatoms. The number of rotatable bonds is 6. The van der Waals surface area contributed by atoms with Gasteiger partial charge in [0.1, 0.15) is 16.5 Å². The number of pyridine rings is 2. The number of ether oxygens (including phenoxy) is 1. The highest BCUT2D eigenvalue weighted by atomic mass is 32.2. The van der Waals surface area contributed by atoms with E-state index in [9.17, 15) is 32.0 Å². The molecule has 178 valence electrons. The first-order valence-electron chi connectivity index (χ1n) is 9.81. The lowest BCUT2D eigenvalue weighted by atomic mass is 10.2. The Morgan fingerprint density at radius 1 is 1.26 bits per heavy atom. The van der Waals surface area contributed by atoms with Gasteiger partial charge in [-0.05, 0) is 18.2 Å². The van der Waals surface area contributed by atoms with E-state index in [4.69, 9.17) is 4.74 Å². The van der Waals surface area contributed by atoms with E-state index in [0.717, 1.165) is 4.57 Å². The molecule has 0 bridgehead atoms. The summed E-state index contributed by atoms with van der Waals surface area (Å²) in [5.41, 5.74) is -0.541. The summed E-state index contributed by atoms with van der Waals surface area (Å²) >= 11 is 0. The standard InChI is InChI=1S/C20H17F2N5O6S/c1-3-17(28)27(30)34(31,32)10-6-13(21)12(14(22)7-10)9-26-18-11-4-5-16(33-2)25-19(11)23-8-15(18)24-20(26)29/h4-8,27H,3,9H2,1-2H3,(H,24,29). The molecule has 1 unspecified atom stereocenters. The minimum absolute atomic E-state index is 0.223. The first-order chi connectivity index (χ1) is 16.1. The Labute approximate surface area is 190 Å². The summed E-state index contributed by atoms with van der Waals surface area (Å²) in [5, 5.41) is 12.3. The molecule has 1 atom stereocenters. The van der Waals surface area contributed by atoms with E-state index in [0.29, 0.717) is 17.5 Å². The summed E-state index contributed by atoms with van der Waals surface area (Å²) in [4.78, 5) is 33.9. The number of quaternary nitrogens is 1. The number of nitrogens with zero attached hydrogens (tertiary/aromatic N) is 3. The summed E-state index contributed by atoms with van der Waals surface area (Å²) in [5.74, 6) is -3.56. The van der Waals surface area contributed by atoms with Gasteiger partial charge in [0.15, 0.2) is 5.65 Å². The summed E-state index contributed by atoms with van der Waals surface area (Å²) in [6.45, 7) is 0.674. The Morgan fingerprint density at radius 2 is 1.94 bits per heavy atom. The number of aromatic nitrogens is 4. The fourth-order valence-electron chi connectivity index (χ4n) is 3.42. The maximum atomic E-state index is 14.9. The molecule has 2 N–H and O–H groups in total. The zero-order chi connectivity index (χ0) is 24.8. The molecule has 3 heterocycles. The number of hydroxylamine groups is 1. The molecule has 0 saturated carbocycles. The number of hydrogen-bond acceptors (Lipinski definition) is 8. The first kappa shape index (κ1) is 23.4. The van der Waals surface area contributed by atoms with Gasteiger partial charge in [-0.3, -0.25) is 4.57 Å². The van der Waals surface area contributed by atoms with Crippen LogP contribution in [0.5, 0.6) is 5.88 Å². The maximum absolute atomic E-state index is 14.9. The van der Waals surface area contributed by atoms with E-state index in [1.54, 1.807) is 6.07 Å².